The Morgan fingerprint density at radius 3 is 2.83 bits per heavy atom. The van der Waals surface area contributed by atoms with Gasteiger partial charge in [-0.05, 0) is 36.0 Å². The highest BCUT2D eigenvalue weighted by Gasteiger charge is 2.30. The van der Waals surface area contributed by atoms with Crippen LogP contribution < -0.4 is 5.32 Å². The van der Waals surface area contributed by atoms with Crippen LogP contribution in [0.25, 0.3) is 6.08 Å². The highest BCUT2D eigenvalue weighted by atomic mass is 32.2. The number of amidine groups is 1. The van der Waals surface area contributed by atoms with Crippen LogP contribution in [-0.2, 0) is 13.2 Å². The molecule has 9 heteroatoms. The van der Waals surface area contributed by atoms with Crippen LogP contribution in [0.4, 0.5) is 23.7 Å². The number of amides is 1. The highest BCUT2D eigenvalue weighted by molar-refractivity contribution is 8.18. The lowest BCUT2D eigenvalue weighted by Crippen LogP contribution is -2.18. The molecule has 0 saturated carbocycles. The minimum Gasteiger partial charge on any atom is -0.300 e. The van der Waals surface area contributed by atoms with Gasteiger partial charge in [-0.2, -0.15) is 18.3 Å². The summed E-state index contributed by atoms with van der Waals surface area (Å²) in [4.78, 5) is 16.3. The number of nitrogens with one attached hydrogen (secondary N) is 1. The molecule has 24 heavy (non-hydrogen) atoms. The van der Waals surface area contributed by atoms with E-state index >= 15 is 0 Å². The molecule has 1 aromatic carbocycles. The summed E-state index contributed by atoms with van der Waals surface area (Å²) in [5.74, 6) is 0.216. The number of carbonyl (C=O) groups is 1. The van der Waals surface area contributed by atoms with E-state index in [1.165, 1.54) is 12.1 Å². The molecule has 0 unspecified atom stereocenters. The van der Waals surface area contributed by atoms with Crippen molar-refractivity contribution < 1.29 is 18.0 Å². The van der Waals surface area contributed by atoms with Gasteiger partial charge in [-0.25, -0.2) is 4.99 Å². The van der Waals surface area contributed by atoms with Gasteiger partial charge in [0.25, 0.3) is 5.24 Å². The molecule has 2 aromatic rings. The second kappa shape index (κ2) is 6.16. The standard InChI is InChI=1S/C15H11F3N4OS/c1-22-8-9(7-19-22)5-12-13(21-14(23)24-12)20-11-4-2-3-10(6-11)15(16,17)18/h2-8H,1H3,(H,20,21,23)/b12-5-. The van der Waals surface area contributed by atoms with E-state index in [0.717, 1.165) is 29.5 Å². The molecule has 0 radical (unpaired) electrons. The number of aliphatic imine (C=N–C) groups is 1. The van der Waals surface area contributed by atoms with Gasteiger partial charge in [0.1, 0.15) is 5.84 Å². The number of aromatic nitrogens is 2. The van der Waals surface area contributed by atoms with E-state index in [0.29, 0.717) is 4.91 Å². The van der Waals surface area contributed by atoms with Gasteiger partial charge in [0.15, 0.2) is 0 Å². The summed E-state index contributed by atoms with van der Waals surface area (Å²) in [5.41, 5.74) is 0.0760. The van der Waals surface area contributed by atoms with E-state index in [1.807, 2.05) is 0 Å². The van der Waals surface area contributed by atoms with Gasteiger partial charge in [-0.15, -0.1) is 0 Å². The summed E-state index contributed by atoms with van der Waals surface area (Å²) in [7, 11) is 1.75. The fourth-order valence-electron chi connectivity index (χ4n) is 2.06. The van der Waals surface area contributed by atoms with E-state index in [9.17, 15) is 18.0 Å². The molecule has 1 N–H and O–H groups in total. The zero-order valence-corrected chi connectivity index (χ0v) is 13.1. The molecule has 0 atom stereocenters. The van der Waals surface area contributed by atoms with Crippen LogP contribution >= 0.6 is 11.8 Å². The number of carbonyl (C=O) groups excluding carboxylic acids is 1. The van der Waals surface area contributed by atoms with Gasteiger partial charge in [0.2, 0.25) is 0 Å². The minimum atomic E-state index is -4.45. The third kappa shape index (κ3) is 3.67. The zero-order valence-electron chi connectivity index (χ0n) is 12.3. The molecule has 1 aromatic heterocycles. The molecule has 1 fully saturated rings. The third-order valence-corrected chi connectivity index (χ3v) is 3.91. The molecule has 124 valence electrons. The largest absolute Gasteiger partial charge is 0.416 e. The molecular weight excluding hydrogens is 341 g/mol. The fourth-order valence-corrected chi connectivity index (χ4v) is 2.80. The zero-order chi connectivity index (χ0) is 17.3. The first kappa shape index (κ1) is 16.3. The number of hydrogen-bond acceptors (Lipinski definition) is 4. The van der Waals surface area contributed by atoms with E-state index in [4.69, 9.17) is 0 Å². The van der Waals surface area contributed by atoms with Gasteiger partial charge in [-0.3, -0.25) is 9.48 Å². The van der Waals surface area contributed by atoms with Crippen molar-refractivity contribution in [3.8, 4) is 0 Å². The Balaban J connectivity index is 1.96. The van der Waals surface area contributed by atoms with Crippen molar-refractivity contribution >= 4 is 34.6 Å². The maximum Gasteiger partial charge on any atom is 0.416 e. The van der Waals surface area contributed by atoms with Gasteiger partial charge >= 0.3 is 6.18 Å². The highest BCUT2D eigenvalue weighted by Crippen LogP contribution is 2.33. The van der Waals surface area contributed by atoms with Gasteiger partial charge in [0, 0.05) is 18.8 Å². The monoisotopic (exact) mass is 352 g/mol. The number of aryl methyl sites for hydroxylation is 1. The average Bonchev–Trinajstić information content (AvgIpc) is 3.05. The lowest BCUT2D eigenvalue weighted by molar-refractivity contribution is -0.137. The number of benzene rings is 1. The van der Waals surface area contributed by atoms with E-state index in [1.54, 1.807) is 30.2 Å². The smallest absolute Gasteiger partial charge is 0.300 e. The average molecular weight is 352 g/mol. The Morgan fingerprint density at radius 1 is 1.38 bits per heavy atom. The third-order valence-electron chi connectivity index (χ3n) is 3.09. The van der Waals surface area contributed by atoms with Crippen molar-refractivity contribution in [2.24, 2.45) is 12.0 Å². The second-order valence-corrected chi connectivity index (χ2v) is 5.99. The van der Waals surface area contributed by atoms with Gasteiger partial charge in [-0.1, -0.05) is 6.07 Å². The summed E-state index contributed by atoms with van der Waals surface area (Å²) >= 11 is 0.928. The van der Waals surface area contributed by atoms with Crippen LogP contribution in [0.2, 0.25) is 0 Å². The topological polar surface area (TPSA) is 59.3 Å². The Labute approximate surface area is 139 Å². The van der Waals surface area contributed by atoms with Gasteiger partial charge in [0.05, 0.1) is 22.4 Å². The second-order valence-electron chi connectivity index (χ2n) is 4.98. The van der Waals surface area contributed by atoms with Crippen molar-refractivity contribution in [2.45, 2.75) is 6.18 Å². The molecule has 3 rings (SSSR count). The van der Waals surface area contributed by atoms with Crippen molar-refractivity contribution in [3.05, 3.63) is 52.7 Å². The molecule has 0 spiro atoms. The van der Waals surface area contributed by atoms with Crippen LogP contribution in [0.5, 0.6) is 0 Å². The molecule has 0 aliphatic carbocycles. The number of halogens is 3. The molecule has 1 aliphatic rings. The maximum absolute atomic E-state index is 12.8. The molecule has 1 amide bonds. The summed E-state index contributed by atoms with van der Waals surface area (Å²) in [6.07, 6.45) is 0.608. The predicted octanol–water partition coefficient (Wildman–Crippen LogP) is 3.97. The van der Waals surface area contributed by atoms with Crippen LogP contribution in [0, 0.1) is 0 Å². The molecule has 1 aliphatic heterocycles. The Kier molecular flexibility index (Phi) is 4.18. The molecule has 1 saturated heterocycles. The fraction of sp³-hybridized carbons (Fsp3) is 0.133. The SMILES string of the molecule is Cn1cc(/C=C2\SC(=O)NC2=Nc2cccc(C(F)(F)F)c2)cn1. The van der Waals surface area contributed by atoms with Crippen molar-refractivity contribution in [3.63, 3.8) is 0 Å². The van der Waals surface area contributed by atoms with Crippen LogP contribution in [-0.4, -0.2) is 20.9 Å². The quantitative estimate of drug-likeness (QED) is 0.890. The van der Waals surface area contributed by atoms with E-state index in [-0.39, 0.29) is 16.8 Å². The van der Waals surface area contributed by atoms with Crippen molar-refractivity contribution in [2.75, 3.05) is 0 Å². The summed E-state index contributed by atoms with van der Waals surface area (Å²) in [6, 6.07) is 4.62. The predicted molar refractivity (Wildman–Crippen MR) is 85.8 cm³/mol. The first-order valence-corrected chi connectivity index (χ1v) is 7.58. The first-order valence-electron chi connectivity index (χ1n) is 6.77. The van der Waals surface area contributed by atoms with Gasteiger partial charge < -0.3 is 5.32 Å². The summed E-state index contributed by atoms with van der Waals surface area (Å²) < 4.78 is 39.9. The van der Waals surface area contributed by atoms with Crippen LogP contribution in [0.3, 0.4) is 0 Å². The number of thioether (sulfide) groups is 1. The lowest BCUT2D eigenvalue weighted by atomic mass is 10.2. The van der Waals surface area contributed by atoms with E-state index < -0.39 is 11.7 Å². The molecular formula is C15H11F3N4OS. The normalized spacial score (nSPS) is 18.4. The van der Waals surface area contributed by atoms with E-state index in [2.05, 4.69) is 15.4 Å². The summed E-state index contributed by atoms with van der Waals surface area (Å²) in [6.45, 7) is 0. The number of alkyl halides is 3. The number of rotatable bonds is 2. The van der Waals surface area contributed by atoms with Crippen molar-refractivity contribution in [1.29, 1.82) is 0 Å². The Hall–Kier alpha value is -2.55. The minimum absolute atomic E-state index is 0.111. The molecule has 2 heterocycles. The summed E-state index contributed by atoms with van der Waals surface area (Å²) in [5, 5.41) is 6.22. The Bertz CT molecular complexity index is 854. The van der Waals surface area contributed by atoms with Crippen LogP contribution in [0.15, 0.2) is 46.6 Å². The first-order chi connectivity index (χ1) is 11.3. The van der Waals surface area contributed by atoms with Crippen molar-refractivity contribution in [1.82, 2.24) is 15.1 Å². The number of hydrogen-bond donors (Lipinski definition) is 1. The molecule has 0 bridgehead atoms. The Morgan fingerprint density at radius 2 is 2.17 bits per heavy atom. The number of nitrogens with zero attached hydrogens (tertiary/aromatic N) is 3. The van der Waals surface area contributed by atoms with Crippen LogP contribution in [0.1, 0.15) is 11.1 Å². The lowest BCUT2D eigenvalue weighted by Gasteiger charge is -2.07. The molecule has 5 nitrogen and oxygen atoms in total. The maximum atomic E-state index is 12.8.